The Kier molecular flexibility index (Phi) is 3.60. The molecule has 116 valence electrons. The number of hydrogen-bond donors (Lipinski definition) is 1. The molecular formula is C21H15NO2. The summed E-state index contributed by atoms with van der Waals surface area (Å²) in [6.45, 7) is 0. The first-order valence-corrected chi connectivity index (χ1v) is 7.76. The van der Waals surface area contributed by atoms with Crippen molar-refractivity contribution in [2.45, 2.75) is 0 Å². The highest BCUT2D eigenvalue weighted by Gasteiger charge is 2.13. The predicted octanol–water partition coefficient (Wildman–Crippen LogP) is 5.35. The molecule has 4 aromatic rings. The quantitative estimate of drug-likeness (QED) is 0.554. The molecule has 0 aliphatic rings. The Morgan fingerprint density at radius 2 is 1.50 bits per heavy atom. The molecule has 1 N–H and O–H groups in total. The highest BCUT2D eigenvalue weighted by molar-refractivity contribution is 6.06. The van der Waals surface area contributed by atoms with Crippen molar-refractivity contribution in [1.82, 2.24) is 0 Å². The van der Waals surface area contributed by atoms with Crippen LogP contribution in [0.5, 0.6) is 0 Å². The first-order valence-electron chi connectivity index (χ1n) is 7.76. The lowest BCUT2D eigenvalue weighted by Crippen LogP contribution is -2.12. The summed E-state index contributed by atoms with van der Waals surface area (Å²) in [7, 11) is 0. The maximum Gasteiger partial charge on any atom is 0.255 e. The Hall–Kier alpha value is -3.33. The summed E-state index contributed by atoms with van der Waals surface area (Å²) in [5.74, 6) is 0.597. The lowest BCUT2D eigenvalue weighted by Gasteiger charge is -2.09. The van der Waals surface area contributed by atoms with E-state index in [1.807, 2.05) is 72.8 Å². The zero-order valence-corrected chi connectivity index (χ0v) is 12.9. The summed E-state index contributed by atoms with van der Waals surface area (Å²) in [6.07, 6.45) is 0. The van der Waals surface area contributed by atoms with Crippen molar-refractivity contribution in [1.29, 1.82) is 0 Å². The number of anilines is 1. The average molecular weight is 313 g/mol. The van der Waals surface area contributed by atoms with Crippen LogP contribution in [0.25, 0.3) is 22.3 Å². The van der Waals surface area contributed by atoms with Gasteiger partial charge in [-0.25, -0.2) is 0 Å². The van der Waals surface area contributed by atoms with Gasteiger partial charge in [0.25, 0.3) is 5.91 Å². The van der Waals surface area contributed by atoms with Crippen LogP contribution in [0.3, 0.4) is 0 Å². The first kappa shape index (κ1) is 14.3. The molecular weight excluding hydrogens is 298 g/mol. The zero-order chi connectivity index (χ0) is 16.4. The van der Waals surface area contributed by atoms with Gasteiger partial charge in [0.2, 0.25) is 0 Å². The second-order valence-electron chi connectivity index (χ2n) is 5.51. The van der Waals surface area contributed by atoms with Crippen molar-refractivity contribution in [3.8, 4) is 11.3 Å². The van der Waals surface area contributed by atoms with Crippen LogP contribution >= 0.6 is 0 Å². The van der Waals surface area contributed by atoms with Crippen LogP contribution in [-0.4, -0.2) is 5.91 Å². The van der Waals surface area contributed by atoms with E-state index in [1.165, 1.54) is 0 Å². The minimum absolute atomic E-state index is 0.140. The molecule has 0 atom stereocenters. The molecule has 0 bridgehead atoms. The Balaban J connectivity index is 1.71. The van der Waals surface area contributed by atoms with Crippen LogP contribution in [-0.2, 0) is 0 Å². The number of fused-ring (bicyclic) bond motifs is 1. The lowest BCUT2D eigenvalue weighted by atomic mass is 10.1. The molecule has 0 aliphatic heterocycles. The fraction of sp³-hybridized carbons (Fsp3) is 0. The Morgan fingerprint density at radius 1 is 0.792 bits per heavy atom. The molecule has 1 amide bonds. The molecule has 0 unspecified atom stereocenters. The minimum Gasteiger partial charge on any atom is -0.456 e. The second-order valence-corrected chi connectivity index (χ2v) is 5.51. The molecule has 0 spiro atoms. The van der Waals surface area contributed by atoms with Gasteiger partial charge < -0.3 is 9.73 Å². The van der Waals surface area contributed by atoms with E-state index in [0.717, 1.165) is 28.0 Å². The van der Waals surface area contributed by atoms with Gasteiger partial charge in [-0.05, 0) is 36.4 Å². The highest BCUT2D eigenvalue weighted by atomic mass is 16.3. The summed E-state index contributed by atoms with van der Waals surface area (Å²) in [4.78, 5) is 12.4. The molecule has 0 aliphatic carbocycles. The maximum atomic E-state index is 12.4. The van der Waals surface area contributed by atoms with E-state index in [9.17, 15) is 4.79 Å². The average Bonchev–Trinajstić information content (AvgIpc) is 3.07. The van der Waals surface area contributed by atoms with Gasteiger partial charge in [0.1, 0.15) is 11.3 Å². The fourth-order valence-electron chi connectivity index (χ4n) is 2.71. The third-order valence-electron chi connectivity index (χ3n) is 3.90. The number of para-hydroxylation sites is 2. The van der Waals surface area contributed by atoms with Gasteiger partial charge in [0.15, 0.2) is 0 Å². The van der Waals surface area contributed by atoms with E-state index in [-0.39, 0.29) is 5.91 Å². The maximum absolute atomic E-state index is 12.4. The van der Waals surface area contributed by atoms with Crippen molar-refractivity contribution in [2.24, 2.45) is 0 Å². The van der Waals surface area contributed by atoms with Gasteiger partial charge >= 0.3 is 0 Å². The van der Waals surface area contributed by atoms with Crippen LogP contribution in [0, 0.1) is 0 Å². The van der Waals surface area contributed by atoms with Crippen molar-refractivity contribution in [2.75, 3.05) is 5.32 Å². The molecule has 3 heteroatoms. The van der Waals surface area contributed by atoms with Gasteiger partial charge in [-0.3, -0.25) is 4.79 Å². The van der Waals surface area contributed by atoms with Gasteiger partial charge in [0.05, 0.1) is 5.69 Å². The number of carbonyl (C=O) groups is 1. The fourth-order valence-corrected chi connectivity index (χ4v) is 2.71. The largest absolute Gasteiger partial charge is 0.456 e. The summed E-state index contributed by atoms with van der Waals surface area (Å²) >= 11 is 0. The Bertz CT molecular complexity index is 969. The van der Waals surface area contributed by atoms with Crippen LogP contribution in [0.2, 0.25) is 0 Å². The third-order valence-corrected chi connectivity index (χ3v) is 3.90. The summed E-state index contributed by atoms with van der Waals surface area (Å²) in [6, 6.07) is 26.7. The summed E-state index contributed by atoms with van der Waals surface area (Å²) in [5, 5.41) is 4.01. The summed E-state index contributed by atoms with van der Waals surface area (Å²) in [5.41, 5.74) is 3.04. The highest BCUT2D eigenvalue weighted by Crippen LogP contribution is 2.32. The van der Waals surface area contributed by atoms with Gasteiger partial charge in [-0.15, -0.1) is 0 Å². The number of carbonyl (C=O) groups excluding carboxylic acids is 1. The van der Waals surface area contributed by atoms with Crippen molar-refractivity contribution < 1.29 is 9.21 Å². The smallest absolute Gasteiger partial charge is 0.255 e. The normalized spacial score (nSPS) is 10.7. The first-order chi connectivity index (χ1) is 11.8. The molecule has 3 nitrogen and oxygen atoms in total. The van der Waals surface area contributed by atoms with E-state index in [4.69, 9.17) is 4.42 Å². The molecule has 0 saturated heterocycles. The molecule has 0 radical (unpaired) electrons. The second kappa shape index (κ2) is 6.05. The molecule has 0 saturated carbocycles. The standard InChI is InChI=1S/C21H15NO2/c23-21(15-8-2-1-3-9-15)22-18-12-6-5-11-17(18)20-14-16-10-4-7-13-19(16)24-20/h1-14H,(H,22,23). The predicted molar refractivity (Wildman–Crippen MR) is 96.0 cm³/mol. The van der Waals surface area contributed by atoms with Crippen molar-refractivity contribution >= 4 is 22.6 Å². The lowest BCUT2D eigenvalue weighted by molar-refractivity contribution is 0.102. The van der Waals surface area contributed by atoms with E-state index < -0.39 is 0 Å². The topological polar surface area (TPSA) is 42.2 Å². The third kappa shape index (κ3) is 2.68. The van der Waals surface area contributed by atoms with Crippen molar-refractivity contribution in [3.63, 3.8) is 0 Å². The molecule has 0 fully saturated rings. The zero-order valence-electron chi connectivity index (χ0n) is 12.9. The van der Waals surface area contributed by atoms with E-state index >= 15 is 0 Å². The molecule has 4 rings (SSSR count). The van der Waals surface area contributed by atoms with E-state index in [0.29, 0.717) is 5.56 Å². The summed E-state index contributed by atoms with van der Waals surface area (Å²) < 4.78 is 5.93. The Labute approximate surface area is 139 Å². The molecule has 3 aromatic carbocycles. The van der Waals surface area contributed by atoms with Gasteiger partial charge in [0, 0.05) is 16.5 Å². The van der Waals surface area contributed by atoms with Crippen LogP contribution in [0.4, 0.5) is 5.69 Å². The van der Waals surface area contributed by atoms with Crippen molar-refractivity contribution in [3.05, 3.63) is 90.5 Å². The minimum atomic E-state index is -0.140. The number of nitrogens with one attached hydrogen (secondary N) is 1. The Morgan fingerprint density at radius 3 is 2.33 bits per heavy atom. The van der Waals surface area contributed by atoms with Gasteiger partial charge in [-0.1, -0.05) is 48.5 Å². The SMILES string of the molecule is O=C(Nc1ccccc1-c1cc2ccccc2o1)c1ccccc1. The molecule has 1 heterocycles. The van der Waals surface area contributed by atoms with E-state index in [1.54, 1.807) is 12.1 Å². The number of hydrogen-bond acceptors (Lipinski definition) is 2. The number of furan rings is 1. The number of amides is 1. The number of rotatable bonds is 3. The number of benzene rings is 3. The van der Waals surface area contributed by atoms with Crippen LogP contribution < -0.4 is 5.32 Å². The van der Waals surface area contributed by atoms with Crippen LogP contribution in [0.15, 0.2) is 89.3 Å². The van der Waals surface area contributed by atoms with Crippen LogP contribution in [0.1, 0.15) is 10.4 Å². The molecule has 24 heavy (non-hydrogen) atoms. The molecule has 1 aromatic heterocycles. The van der Waals surface area contributed by atoms with Gasteiger partial charge in [-0.2, -0.15) is 0 Å². The monoisotopic (exact) mass is 313 g/mol. The van der Waals surface area contributed by atoms with E-state index in [2.05, 4.69) is 5.32 Å².